The van der Waals surface area contributed by atoms with Gasteiger partial charge in [0.05, 0.1) is 0 Å². The maximum Gasteiger partial charge on any atom is 0.142 e. The zero-order valence-corrected chi connectivity index (χ0v) is 8.94. The second-order valence-electron chi connectivity index (χ2n) is 3.48. The highest BCUT2D eigenvalue weighted by molar-refractivity contribution is 5.40. The molecule has 4 nitrogen and oxygen atoms in total. The van der Waals surface area contributed by atoms with Crippen molar-refractivity contribution in [1.29, 1.82) is 0 Å². The van der Waals surface area contributed by atoms with E-state index in [4.69, 9.17) is 5.73 Å². The fourth-order valence-electron chi connectivity index (χ4n) is 1.64. The van der Waals surface area contributed by atoms with E-state index in [1.807, 2.05) is 30.7 Å². The number of aromatic nitrogens is 3. The Bertz CT molecular complexity index is 473. The van der Waals surface area contributed by atoms with Crippen molar-refractivity contribution in [2.45, 2.75) is 20.4 Å². The number of hydrogen-bond acceptors (Lipinski definition) is 3. The van der Waals surface area contributed by atoms with Crippen LogP contribution in [0.3, 0.4) is 0 Å². The summed E-state index contributed by atoms with van der Waals surface area (Å²) in [6.07, 6.45) is 5.46. The quantitative estimate of drug-likeness (QED) is 0.799. The molecule has 2 heterocycles. The molecule has 4 heteroatoms. The molecule has 0 fully saturated rings. The van der Waals surface area contributed by atoms with Crippen LogP contribution in [-0.2, 0) is 6.54 Å². The van der Waals surface area contributed by atoms with Crippen LogP contribution in [0.5, 0.6) is 0 Å². The lowest BCUT2D eigenvalue weighted by Crippen LogP contribution is -2.09. The standard InChI is InChI=1S/C11H14N4/c1-8-3-4-14-11(10(8)7-12)15-6-5-13-9(15)2/h3-6H,7,12H2,1-2H3. The zero-order chi connectivity index (χ0) is 10.8. The highest BCUT2D eigenvalue weighted by Crippen LogP contribution is 2.16. The van der Waals surface area contributed by atoms with Gasteiger partial charge in [0.15, 0.2) is 0 Å². The van der Waals surface area contributed by atoms with Crippen molar-refractivity contribution in [2.75, 3.05) is 0 Å². The summed E-state index contributed by atoms with van der Waals surface area (Å²) in [5.41, 5.74) is 7.96. The summed E-state index contributed by atoms with van der Waals surface area (Å²) in [5, 5.41) is 0. The topological polar surface area (TPSA) is 56.7 Å². The van der Waals surface area contributed by atoms with Gasteiger partial charge in [0.1, 0.15) is 11.6 Å². The number of hydrogen-bond donors (Lipinski definition) is 1. The van der Waals surface area contributed by atoms with Crippen LogP contribution < -0.4 is 5.73 Å². The minimum Gasteiger partial charge on any atom is -0.326 e. The van der Waals surface area contributed by atoms with Crippen LogP contribution >= 0.6 is 0 Å². The van der Waals surface area contributed by atoms with E-state index in [1.54, 1.807) is 12.4 Å². The molecule has 0 aliphatic heterocycles. The highest BCUT2D eigenvalue weighted by Gasteiger charge is 2.08. The zero-order valence-electron chi connectivity index (χ0n) is 8.94. The molecule has 0 unspecified atom stereocenters. The third-order valence-electron chi connectivity index (χ3n) is 2.53. The molecule has 0 aliphatic rings. The number of pyridine rings is 1. The van der Waals surface area contributed by atoms with Gasteiger partial charge in [-0.1, -0.05) is 0 Å². The Morgan fingerprint density at radius 2 is 2.07 bits per heavy atom. The van der Waals surface area contributed by atoms with E-state index >= 15 is 0 Å². The molecule has 0 radical (unpaired) electrons. The Morgan fingerprint density at radius 1 is 1.27 bits per heavy atom. The Morgan fingerprint density at radius 3 is 2.67 bits per heavy atom. The summed E-state index contributed by atoms with van der Waals surface area (Å²) in [6, 6.07) is 1.97. The number of aryl methyl sites for hydroxylation is 2. The van der Waals surface area contributed by atoms with Crippen molar-refractivity contribution < 1.29 is 0 Å². The molecule has 0 saturated heterocycles. The van der Waals surface area contributed by atoms with E-state index in [0.717, 1.165) is 22.8 Å². The molecule has 2 aromatic heterocycles. The van der Waals surface area contributed by atoms with Crippen molar-refractivity contribution in [3.8, 4) is 5.82 Å². The fourth-order valence-corrected chi connectivity index (χ4v) is 1.64. The molecule has 15 heavy (non-hydrogen) atoms. The summed E-state index contributed by atoms with van der Waals surface area (Å²) in [4.78, 5) is 8.54. The fraction of sp³-hybridized carbons (Fsp3) is 0.273. The molecule has 0 saturated carbocycles. The predicted molar refractivity (Wildman–Crippen MR) is 58.7 cm³/mol. The van der Waals surface area contributed by atoms with Crippen LogP contribution in [0.25, 0.3) is 5.82 Å². The highest BCUT2D eigenvalue weighted by atomic mass is 15.1. The van der Waals surface area contributed by atoms with Crippen LogP contribution in [0.15, 0.2) is 24.7 Å². The monoisotopic (exact) mass is 202 g/mol. The van der Waals surface area contributed by atoms with E-state index in [1.165, 1.54) is 0 Å². The minimum absolute atomic E-state index is 0.493. The van der Waals surface area contributed by atoms with Gasteiger partial charge >= 0.3 is 0 Å². The van der Waals surface area contributed by atoms with Crippen molar-refractivity contribution in [1.82, 2.24) is 14.5 Å². The van der Waals surface area contributed by atoms with Gasteiger partial charge in [0.25, 0.3) is 0 Å². The average Bonchev–Trinajstić information content (AvgIpc) is 2.64. The number of nitrogens with two attached hydrogens (primary N) is 1. The van der Waals surface area contributed by atoms with Crippen LogP contribution in [0.2, 0.25) is 0 Å². The van der Waals surface area contributed by atoms with E-state index in [9.17, 15) is 0 Å². The third-order valence-corrected chi connectivity index (χ3v) is 2.53. The largest absolute Gasteiger partial charge is 0.326 e. The molecule has 2 N–H and O–H groups in total. The van der Waals surface area contributed by atoms with Gasteiger partial charge in [0.2, 0.25) is 0 Å². The smallest absolute Gasteiger partial charge is 0.142 e. The van der Waals surface area contributed by atoms with Gasteiger partial charge in [-0.25, -0.2) is 9.97 Å². The third kappa shape index (κ3) is 1.64. The summed E-state index contributed by atoms with van der Waals surface area (Å²) in [6.45, 7) is 4.48. The summed E-state index contributed by atoms with van der Waals surface area (Å²) >= 11 is 0. The molecule has 0 aromatic carbocycles. The van der Waals surface area contributed by atoms with Crippen LogP contribution in [0.1, 0.15) is 17.0 Å². The second-order valence-corrected chi connectivity index (χ2v) is 3.48. The predicted octanol–water partition coefficient (Wildman–Crippen LogP) is 1.34. The molecule has 0 aliphatic carbocycles. The second kappa shape index (κ2) is 3.82. The maximum atomic E-state index is 5.73. The van der Waals surface area contributed by atoms with Crippen LogP contribution in [0, 0.1) is 13.8 Å². The normalized spacial score (nSPS) is 10.6. The summed E-state index contributed by atoms with van der Waals surface area (Å²) in [5.74, 6) is 1.80. The van der Waals surface area contributed by atoms with E-state index < -0.39 is 0 Å². The van der Waals surface area contributed by atoms with Gasteiger partial charge in [-0.15, -0.1) is 0 Å². The number of rotatable bonds is 2. The van der Waals surface area contributed by atoms with Gasteiger partial charge < -0.3 is 5.73 Å². The Kier molecular flexibility index (Phi) is 2.51. The summed E-state index contributed by atoms with van der Waals surface area (Å²) < 4.78 is 1.95. The Hall–Kier alpha value is -1.68. The van der Waals surface area contributed by atoms with Crippen molar-refractivity contribution in [3.05, 3.63) is 41.6 Å². The number of imidazole rings is 1. The average molecular weight is 202 g/mol. The van der Waals surface area contributed by atoms with E-state index in [0.29, 0.717) is 6.54 Å². The Labute approximate surface area is 88.8 Å². The lowest BCUT2D eigenvalue weighted by Gasteiger charge is -2.11. The van der Waals surface area contributed by atoms with Gasteiger partial charge in [-0.05, 0) is 25.5 Å². The first-order valence-electron chi connectivity index (χ1n) is 4.89. The van der Waals surface area contributed by atoms with E-state index in [2.05, 4.69) is 9.97 Å². The van der Waals surface area contributed by atoms with Crippen molar-refractivity contribution in [2.24, 2.45) is 5.73 Å². The molecule has 0 atom stereocenters. The molecule has 0 amide bonds. The lowest BCUT2D eigenvalue weighted by molar-refractivity contribution is 0.887. The molecular formula is C11H14N4. The molecule has 2 rings (SSSR count). The number of nitrogens with zero attached hydrogens (tertiary/aromatic N) is 3. The van der Waals surface area contributed by atoms with E-state index in [-0.39, 0.29) is 0 Å². The Balaban J connectivity index is 2.63. The lowest BCUT2D eigenvalue weighted by atomic mass is 10.1. The summed E-state index contributed by atoms with van der Waals surface area (Å²) in [7, 11) is 0. The van der Waals surface area contributed by atoms with Gasteiger partial charge in [-0.3, -0.25) is 4.57 Å². The first kappa shape index (κ1) is 9.86. The van der Waals surface area contributed by atoms with Gasteiger partial charge in [0, 0.05) is 30.7 Å². The molecule has 0 bridgehead atoms. The van der Waals surface area contributed by atoms with Crippen molar-refractivity contribution >= 4 is 0 Å². The molecule has 0 spiro atoms. The van der Waals surface area contributed by atoms with Crippen LogP contribution in [-0.4, -0.2) is 14.5 Å². The molecule has 2 aromatic rings. The maximum absolute atomic E-state index is 5.73. The molecule has 78 valence electrons. The SMILES string of the molecule is Cc1ccnc(-n2ccnc2C)c1CN. The molecular weight excluding hydrogens is 188 g/mol. The minimum atomic E-state index is 0.493. The first-order chi connectivity index (χ1) is 7.24. The van der Waals surface area contributed by atoms with Crippen molar-refractivity contribution in [3.63, 3.8) is 0 Å². The first-order valence-corrected chi connectivity index (χ1v) is 4.89. The van der Waals surface area contributed by atoms with Crippen LogP contribution in [0.4, 0.5) is 0 Å². The van der Waals surface area contributed by atoms with Gasteiger partial charge in [-0.2, -0.15) is 0 Å².